The lowest BCUT2D eigenvalue weighted by Crippen LogP contribution is -1.98. The molecule has 1 aromatic carbocycles. The third kappa shape index (κ3) is 3.21. The Labute approximate surface area is 91.9 Å². The first-order valence-electron chi connectivity index (χ1n) is 5.11. The molecule has 1 nitrogen and oxygen atoms in total. The summed E-state index contributed by atoms with van der Waals surface area (Å²) in [5.74, 6) is 0. The van der Waals surface area contributed by atoms with Crippen LogP contribution >= 0.6 is 0 Å². The number of aliphatic imine (C=N–C) groups is 1. The SMILES string of the molecule is C/C=C\C=C/C(=NC)c1ccccc1C. The molecule has 1 aromatic rings. The van der Waals surface area contributed by atoms with Gasteiger partial charge in [0.25, 0.3) is 0 Å². The topological polar surface area (TPSA) is 12.4 Å². The molecule has 0 saturated carbocycles. The molecule has 0 bridgehead atoms. The van der Waals surface area contributed by atoms with E-state index in [-0.39, 0.29) is 0 Å². The maximum absolute atomic E-state index is 4.29. The molecule has 1 rings (SSSR count). The van der Waals surface area contributed by atoms with Crippen LogP contribution in [0.2, 0.25) is 0 Å². The Morgan fingerprint density at radius 1 is 1.20 bits per heavy atom. The fraction of sp³-hybridized carbons (Fsp3) is 0.214. The van der Waals surface area contributed by atoms with Crippen LogP contribution in [0.1, 0.15) is 18.1 Å². The minimum absolute atomic E-state index is 1.02. The molecule has 0 amide bonds. The Kier molecular flexibility index (Phi) is 4.55. The summed E-state index contributed by atoms with van der Waals surface area (Å²) in [6, 6.07) is 8.28. The summed E-state index contributed by atoms with van der Waals surface area (Å²) in [4.78, 5) is 4.29. The van der Waals surface area contributed by atoms with E-state index in [0.717, 1.165) is 5.71 Å². The lowest BCUT2D eigenvalue weighted by atomic mass is 10.0. The van der Waals surface area contributed by atoms with Crippen LogP contribution in [-0.2, 0) is 0 Å². The zero-order chi connectivity index (χ0) is 11.1. The summed E-state index contributed by atoms with van der Waals surface area (Å²) in [6.07, 6.45) is 8.04. The van der Waals surface area contributed by atoms with Crippen LogP contribution in [0.4, 0.5) is 0 Å². The summed E-state index contributed by atoms with van der Waals surface area (Å²) < 4.78 is 0. The summed E-state index contributed by atoms with van der Waals surface area (Å²) in [5.41, 5.74) is 3.47. The first-order valence-corrected chi connectivity index (χ1v) is 5.11. The molecule has 0 fully saturated rings. The van der Waals surface area contributed by atoms with Crippen molar-refractivity contribution in [1.82, 2.24) is 0 Å². The number of aryl methyl sites for hydroxylation is 1. The molecule has 0 aliphatic rings. The van der Waals surface area contributed by atoms with E-state index in [9.17, 15) is 0 Å². The Hall–Kier alpha value is -1.63. The van der Waals surface area contributed by atoms with Crippen LogP contribution in [0, 0.1) is 6.92 Å². The Morgan fingerprint density at radius 2 is 1.93 bits per heavy atom. The summed E-state index contributed by atoms with van der Waals surface area (Å²) >= 11 is 0. The van der Waals surface area contributed by atoms with E-state index in [1.807, 2.05) is 50.4 Å². The molecule has 0 heterocycles. The van der Waals surface area contributed by atoms with Crippen molar-refractivity contribution in [2.45, 2.75) is 13.8 Å². The predicted molar refractivity (Wildman–Crippen MR) is 67.6 cm³/mol. The zero-order valence-corrected chi connectivity index (χ0v) is 9.57. The smallest absolute Gasteiger partial charge is 0.0645 e. The van der Waals surface area contributed by atoms with E-state index in [2.05, 4.69) is 24.0 Å². The lowest BCUT2D eigenvalue weighted by Gasteiger charge is -2.04. The van der Waals surface area contributed by atoms with Gasteiger partial charge in [0.1, 0.15) is 0 Å². The monoisotopic (exact) mass is 199 g/mol. The van der Waals surface area contributed by atoms with Gasteiger partial charge in [-0.25, -0.2) is 0 Å². The van der Waals surface area contributed by atoms with Crippen LogP contribution in [0.25, 0.3) is 0 Å². The van der Waals surface area contributed by atoms with Gasteiger partial charge in [0, 0.05) is 12.6 Å². The average molecular weight is 199 g/mol. The quantitative estimate of drug-likeness (QED) is 0.521. The van der Waals surface area contributed by atoms with Gasteiger partial charge in [-0.1, -0.05) is 42.5 Å². The highest BCUT2D eigenvalue weighted by atomic mass is 14.7. The Balaban J connectivity index is 2.99. The van der Waals surface area contributed by atoms with Crippen molar-refractivity contribution < 1.29 is 0 Å². The summed E-state index contributed by atoms with van der Waals surface area (Å²) in [7, 11) is 1.82. The van der Waals surface area contributed by atoms with Gasteiger partial charge in [0.15, 0.2) is 0 Å². The van der Waals surface area contributed by atoms with Crippen LogP contribution in [0.15, 0.2) is 53.6 Å². The van der Waals surface area contributed by atoms with Crippen molar-refractivity contribution in [3.05, 3.63) is 59.7 Å². The third-order valence-electron chi connectivity index (χ3n) is 2.22. The minimum Gasteiger partial charge on any atom is -0.288 e. The van der Waals surface area contributed by atoms with E-state index in [0.29, 0.717) is 0 Å². The first kappa shape index (κ1) is 11.4. The highest BCUT2D eigenvalue weighted by molar-refractivity contribution is 6.09. The van der Waals surface area contributed by atoms with E-state index in [1.165, 1.54) is 11.1 Å². The van der Waals surface area contributed by atoms with Gasteiger partial charge in [-0.15, -0.1) is 0 Å². The van der Waals surface area contributed by atoms with E-state index < -0.39 is 0 Å². The molecule has 0 atom stereocenters. The normalized spacial score (nSPS) is 12.9. The molecule has 0 spiro atoms. The summed E-state index contributed by atoms with van der Waals surface area (Å²) in [6.45, 7) is 4.10. The highest BCUT2D eigenvalue weighted by Crippen LogP contribution is 2.09. The summed E-state index contributed by atoms with van der Waals surface area (Å²) in [5, 5.41) is 0. The largest absolute Gasteiger partial charge is 0.288 e. The number of allylic oxidation sites excluding steroid dienone is 4. The van der Waals surface area contributed by atoms with Gasteiger partial charge in [-0.05, 0) is 25.5 Å². The molecule has 0 N–H and O–H groups in total. The van der Waals surface area contributed by atoms with Gasteiger partial charge in [0.2, 0.25) is 0 Å². The standard InChI is InChI=1S/C14H17N/c1-4-5-6-11-14(15-3)13-10-8-7-9-12(13)2/h4-11H,1-3H3/b5-4-,11-6-,15-14?. The van der Waals surface area contributed by atoms with Gasteiger partial charge in [-0.2, -0.15) is 0 Å². The van der Waals surface area contributed by atoms with Gasteiger partial charge in [0.05, 0.1) is 5.71 Å². The van der Waals surface area contributed by atoms with Crippen molar-refractivity contribution in [2.75, 3.05) is 7.05 Å². The second-order valence-corrected chi connectivity index (χ2v) is 3.31. The second-order valence-electron chi connectivity index (χ2n) is 3.31. The molecule has 0 radical (unpaired) electrons. The van der Waals surface area contributed by atoms with Crippen molar-refractivity contribution in [3.63, 3.8) is 0 Å². The third-order valence-corrected chi connectivity index (χ3v) is 2.22. The van der Waals surface area contributed by atoms with Crippen LogP contribution in [0.5, 0.6) is 0 Å². The van der Waals surface area contributed by atoms with Gasteiger partial charge < -0.3 is 0 Å². The number of hydrogen-bond donors (Lipinski definition) is 0. The molecule has 1 heteroatoms. The molecule has 0 aromatic heterocycles. The number of benzene rings is 1. The van der Waals surface area contributed by atoms with Crippen LogP contribution < -0.4 is 0 Å². The molecule has 15 heavy (non-hydrogen) atoms. The highest BCUT2D eigenvalue weighted by Gasteiger charge is 2.00. The lowest BCUT2D eigenvalue weighted by molar-refractivity contribution is 1.39. The maximum Gasteiger partial charge on any atom is 0.0645 e. The molecule has 0 aliphatic heterocycles. The number of hydrogen-bond acceptors (Lipinski definition) is 1. The van der Waals surface area contributed by atoms with E-state index in [1.54, 1.807) is 0 Å². The maximum atomic E-state index is 4.29. The average Bonchev–Trinajstić information content (AvgIpc) is 2.26. The molecular formula is C14H17N. The molecule has 0 unspecified atom stereocenters. The fourth-order valence-electron chi connectivity index (χ4n) is 1.40. The first-order chi connectivity index (χ1) is 7.29. The predicted octanol–water partition coefficient (Wildman–Crippen LogP) is 3.55. The van der Waals surface area contributed by atoms with Crippen molar-refractivity contribution in [2.24, 2.45) is 4.99 Å². The molecule has 0 aliphatic carbocycles. The molecule has 78 valence electrons. The molecular weight excluding hydrogens is 182 g/mol. The minimum atomic E-state index is 1.02. The zero-order valence-electron chi connectivity index (χ0n) is 9.57. The number of nitrogens with zero attached hydrogens (tertiary/aromatic N) is 1. The van der Waals surface area contributed by atoms with Crippen molar-refractivity contribution in [1.29, 1.82) is 0 Å². The fourth-order valence-corrected chi connectivity index (χ4v) is 1.40. The van der Waals surface area contributed by atoms with Gasteiger partial charge in [-0.3, -0.25) is 4.99 Å². The van der Waals surface area contributed by atoms with Crippen molar-refractivity contribution in [3.8, 4) is 0 Å². The van der Waals surface area contributed by atoms with Crippen LogP contribution in [0.3, 0.4) is 0 Å². The second kappa shape index (κ2) is 5.97. The molecule has 0 saturated heterocycles. The van der Waals surface area contributed by atoms with Gasteiger partial charge >= 0.3 is 0 Å². The van der Waals surface area contributed by atoms with Crippen LogP contribution in [-0.4, -0.2) is 12.8 Å². The van der Waals surface area contributed by atoms with E-state index in [4.69, 9.17) is 0 Å². The van der Waals surface area contributed by atoms with Crippen molar-refractivity contribution >= 4 is 5.71 Å². The van der Waals surface area contributed by atoms with E-state index >= 15 is 0 Å². The Morgan fingerprint density at radius 3 is 2.53 bits per heavy atom. The Bertz CT molecular complexity index is 398. The number of rotatable bonds is 3.